The number of rotatable bonds is 4. The molecule has 0 radical (unpaired) electrons. The first-order valence-electron chi connectivity index (χ1n) is 6.23. The Balaban J connectivity index is 1.95. The minimum absolute atomic E-state index is 0.191. The van der Waals surface area contributed by atoms with Crippen molar-refractivity contribution in [2.24, 2.45) is 0 Å². The van der Waals surface area contributed by atoms with E-state index in [4.69, 9.17) is 23.2 Å². The molecule has 0 saturated carbocycles. The number of aromatic nitrogens is 2. The van der Waals surface area contributed by atoms with Crippen molar-refractivity contribution in [3.63, 3.8) is 0 Å². The van der Waals surface area contributed by atoms with Crippen LogP contribution in [-0.4, -0.2) is 22.2 Å². The number of nitrogens with one attached hydrogen (secondary N) is 1. The Kier molecular flexibility index (Phi) is 4.68. The minimum atomic E-state index is -0.191. The standard InChI is InChI=1S/C14H15Cl2N3O/c1-9-13(16)10(2)19(18-9)8-7-17-14(20)11-5-3-4-6-12(11)15/h3-6H,7-8H2,1-2H3,(H,17,20). The first kappa shape index (κ1) is 14.9. The Morgan fingerprint density at radius 3 is 2.60 bits per heavy atom. The van der Waals surface area contributed by atoms with Crippen molar-refractivity contribution < 1.29 is 4.79 Å². The fraction of sp³-hybridized carbons (Fsp3) is 0.286. The molecule has 0 aliphatic carbocycles. The quantitative estimate of drug-likeness (QED) is 0.942. The zero-order valence-corrected chi connectivity index (χ0v) is 12.8. The monoisotopic (exact) mass is 311 g/mol. The van der Waals surface area contributed by atoms with E-state index in [-0.39, 0.29) is 5.91 Å². The van der Waals surface area contributed by atoms with Crippen molar-refractivity contribution in [1.82, 2.24) is 15.1 Å². The molecule has 0 fully saturated rings. The molecular weight excluding hydrogens is 297 g/mol. The van der Waals surface area contributed by atoms with E-state index in [2.05, 4.69) is 10.4 Å². The predicted octanol–water partition coefficient (Wildman–Crippen LogP) is 3.24. The van der Waals surface area contributed by atoms with Crippen molar-refractivity contribution in [3.05, 3.63) is 51.3 Å². The highest BCUT2D eigenvalue weighted by Gasteiger charge is 2.11. The number of amides is 1. The van der Waals surface area contributed by atoms with Gasteiger partial charge in [0.25, 0.3) is 5.91 Å². The summed E-state index contributed by atoms with van der Waals surface area (Å²) in [6.45, 7) is 4.78. The molecule has 0 bridgehead atoms. The van der Waals surface area contributed by atoms with Crippen molar-refractivity contribution in [2.45, 2.75) is 20.4 Å². The van der Waals surface area contributed by atoms with Crippen LogP contribution in [0, 0.1) is 13.8 Å². The zero-order chi connectivity index (χ0) is 14.7. The van der Waals surface area contributed by atoms with Gasteiger partial charge in [0.1, 0.15) is 0 Å². The van der Waals surface area contributed by atoms with Crippen LogP contribution in [-0.2, 0) is 6.54 Å². The summed E-state index contributed by atoms with van der Waals surface area (Å²) in [6.07, 6.45) is 0. The summed E-state index contributed by atoms with van der Waals surface area (Å²) >= 11 is 12.0. The molecule has 0 saturated heterocycles. The summed E-state index contributed by atoms with van der Waals surface area (Å²) in [5, 5.41) is 8.23. The number of aryl methyl sites for hydroxylation is 1. The molecular formula is C14H15Cl2N3O. The van der Waals surface area contributed by atoms with Gasteiger partial charge in [-0.2, -0.15) is 5.10 Å². The second-order valence-electron chi connectivity index (χ2n) is 4.44. The van der Waals surface area contributed by atoms with E-state index in [1.54, 1.807) is 28.9 Å². The molecule has 2 aromatic rings. The number of carbonyl (C=O) groups is 1. The summed E-state index contributed by atoms with van der Waals surface area (Å²) in [4.78, 5) is 12.0. The van der Waals surface area contributed by atoms with Gasteiger partial charge in [0.05, 0.1) is 33.5 Å². The lowest BCUT2D eigenvalue weighted by molar-refractivity contribution is 0.0952. The number of carbonyl (C=O) groups excluding carboxylic acids is 1. The number of hydrogen-bond donors (Lipinski definition) is 1. The van der Waals surface area contributed by atoms with Crippen LogP contribution < -0.4 is 5.32 Å². The van der Waals surface area contributed by atoms with Gasteiger partial charge in [-0.05, 0) is 26.0 Å². The maximum atomic E-state index is 12.0. The molecule has 1 N–H and O–H groups in total. The van der Waals surface area contributed by atoms with Crippen LogP contribution in [0.1, 0.15) is 21.7 Å². The smallest absolute Gasteiger partial charge is 0.252 e. The van der Waals surface area contributed by atoms with Crippen LogP contribution >= 0.6 is 23.2 Å². The highest BCUT2D eigenvalue weighted by atomic mass is 35.5. The zero-order valence-electron chi connectivity index (χ0n) is 11.3. The molecule has 1 heterocycles. The summed E-state index contributed by atoms with van der Waals surface area (Å²) in [5.74, 6) is -0.191. The minimum Gasteiger partial charge on any atom is -0.350 e. The molecule has 6 heteroatoms. The van der Waals surface area contributed by atoms with Crippen LogP contribution in [0.4, 0.5) is 0 Å². The first-order chi connectivity index (χ1) is 9.50. The molecule has 1 aromatic heterocycles. The lowest BCUT2D eigenvalue weighted by Crippen LogP contribution is -2.28. The number of benzene rings is 1. The maximum absolute atomic E-state index is 12.0. The van der Waals surface area contributed by atoms with Gasteiger partial charge in [-0.1, -0.05) is 35.3 Å². The molecule has 1 aromatic carbocycles. The highest BCUT2D eigenvalue weighted by Crippen LogP contribution is 2.18. The molecule has 0 unspecified atom stereocenters. The van der Waals surface area contributed by atoms with Crippen molar-refractivity contribution >= 4 is 29.1 Å². The Bertz CT molecular complexity index is 637. The second-order valence-corrected chi connectivity index (χ2v) is 5.23. The van der Waals surface area contributed by atoms with Gasteiger partial charge in [0.2, 0.25) is 0 Å². The molecule has 0 atom stereocenters. The van der Waals surface area contributed by atoms with Crippen LogP contribution in [0.5, 0.6) is 0 Å². The SMILES string of the molecule is Cc1nn(CCNC(=O)c2ccccc2Cl)c(C)c1Cl. The van der Waals surface area contributed by atoms with E-state index < -0.39 is 0 Å². The Labute approximate surface area is 127 Å². The number of halogens is 2. The maximum Gasteiger partial charge on any atom is 0.252 e. The van der Waals surface area contributed by atoms with Crippen LogP contribution in [0.2, 0.25) is 10.0 Å². The number of nitrogens with zero attached hydrogens (tertiary/aromatic N) is 2. The molecule has 2 rings (SSSR count). The van der Waals surface area contributed by atoms with E-state index >= 15 is 0 Å². The van der Waals surface area contributed by atoms with Crippen molar-refractivity contribution in [3.8, 4) is 0 Å². The molecule has 0 aliphatic rings. The van der Waals surface area contributed by atoms with Gasteiger partial charge in [0, 0.05) is 6.54 Å². The van der Waals surface area contributed by atoms with E-state index in [0.717, 1.165) is 11.4 Å². The lowest BCUT2D eigenvalue weighted by Gasteiger charge is -2.08. The average Bonchev–Trinajstić information content (AvgIpc) is 2.67. The van der Waals surface area contributed by atoms with E-state index in [0.29, 0.717) is 28.7 Å². The van der Waals surface area contributed by atoms with Crippen molar-refractivity contribution in [1.29, 1.82) is 0 Å². The second kappa shape index (κ2) is 6.29. The fourth-order valence-electron chi connectivity index (χ4n) is 1.91. The Hall–Kier alpha value is -1.52. The predicted molar refractivity (Wildman–Crippen MR) is 80.5 cm³/mol. The van der Waals surface area contributed by atoms with Gasteiger partial charge in [0.15, 0.2) is 0 Å². The van der Waals surface area contributed by atoms with Crippen LogP contribution in [0.25, 0.3) is 0 Å². The summed E-state index contributed by atoms with van der Waals surface area (Å²) in [6, 6.07) is 6.95. The van der Waals surface area contributed by atoms with Crippen LogP contribution in [0.15, 0.2) is 24.3 Å². The van der Waals surface area contributed by atoms with Gasteiger partial charge < -0.3 is 5.32 Å². The Morgan fingerprint density at radius 1 is 1.30 bits per heavy atom. The average molecular weight is 312 g/mol. The van der Waals surface area contributed by atoms with Gasteiger partial charge in [-0.25, -0.2) is 0 Å². The van der Waals surface area contributed by atoms with E-state index in [1.165, 1.54) is 0 Å². The van der Waals surface area contributed by atoms with Gasteiger partial charge in [-0.15, -0.1) is 0 Å². The third kappa shape index (κ3) is 3.14. The summed E-state index contributed by atoms with van der Waals surface area (Å²) in [5.41, 5.74) is 2.17. The summed E-state index contributed by atoms with van der Waals surface area (Å²) < 4.78 is 1.78. The third-order valence-corrected chi connectivity index (χ3v) is 3.90. The van der Waals surface area contributed by atoms with Crippen LogP contribution in [0.3, 0.4) is 0 Å². The molecule has 1 amide bonds. The summed E-state index contributed by atoms with van der Waals surface area (Å²) in [7, 11) is 0. The lowest BCUT2D eigenvalue weighted by atomic mass is 10.2. The Morgan fingerprint density at radius 2 is 2.00 bits per heavy atom. The largest absolute Gasteiger partial charge is 0.350 e. The first-order valence-corrected chi connectivity index (χ1v) is 6.98. The molecule has 0 aliphatic heterocycles. The third-order valence-electron chi connectivity index (χ3n) is 3.02. The van der Waals surface area contributed by atoms with E-state index in [1.807, 2.05) is 13.8 Å². The fourth-order valence-corrected chi connectivity index (χ4v) is 2.27. The van der Waals surface area contributed by atoms with E-state index in [9.17, 15) is 4.79 Å². The number of hydrogen-bond acceptors (Lipinski definition) is 2. The van der Waals surface area contributed by atoms with Gasteiger partial charge >= 0.3 is 0 Å². The van der Waals surface area contributed by atoms with Gasteiger partial charge in [-0.3, -0.25) is 9.48 Å². The molecule has 106 valence electrons. The molecule has 0 spiro atoms. The highest BCUT2D eigenvalue weighted by molar-refractivity contribution is 6.33. The van der Waals surface area contributed by atoms with Crippen molar-refractivity contribution in [2.75, 3.05) is 6.54 Å². The molecule has 20 heavy (non-hydrogen) atoms. The topological polar surface area (TPSA) is 46.9 Å². The normalized spacial score (nSPS) is 10.6. The molecule has 4 nitrogen and oxygen atoms in total.